The molecule has 0 N–H and O–H groups in total. The van der Waals surface area contributed by atoms with Crippen molar-refractivity contribution in [2.45, 2.75) is 38.0 Å². The normalized spacial score (nSPS) is 24.7. The molecule has 3 aliphatic heterocycles. The maximum absolute atomic E-state index is 13.7. The highest BCUT2D eigenvalue weighted by atomic mass is 16.5. The van der Waals surface area contributed by atoms with Crippen LogP contribution in [0.15, 0.2) is 50.5 Å². The summed E-state index contributed by atoms with van der Waals surface area (Å²) in [5.41, 5.74) is 2.70. The highest BCUT2D eigenvalue weighted by Crippen LogP contribution is 2.43. The van der Waals surface area contributed by atoms with Crippen molar-refractivity contribution in [3.63, 3.8) is 0 Å². The average molecular weight is 419 g/mol. The molecule has 0 bridgehead atoms. The zero-order valence-electron chi connectivity index (χ0n) is 17.0. The van der Waals surface area contributed by atoms with Crippen molar-refractivity contribution in [2.75, 3.05) is 23.0 Å². The fraction of sp³-hybridized carbons (Fsp3) is 0.364. The average Bonchev–Trinajstić information content (AvgIpc) is 3.57. The Morgan fingerprint density at radius 3 is 2.84 bits per heavy atom. The molecule has 1 saturated heterocycles. The number of hydrogen-bond acceptors (Lipinski definition) is 8. The van der Waals surface area contributed by atoms with Gasteiger partial charge < -0.3 is 23.5 Å². The van der Waals surface area contributed by atoms with Gasteiger partial charge in [0.15, 0.2) is 11.8 Å². The van der Waals surface area contributed by atoms with Crippen LogP contribution in [0.25, 0.3) is 11.6 Å². The third-order valence-electron chi connectivity index (χ3n) is 6.09. The van der Waals surface area contributed by atoms with E-state index < -0.39 is 12.1 Å². The summed E-state index contributed by atoms with van der Waals surface area (Å²) in [6.07, 6.45) is 5.29. The molecule has 6 rings (SSSR count). The van der Waals surface area contributed by atoms with Gasteiger partial charge in [0.05, 0.1) is 36.6 Å². The number of furan rings is 1. The van der Waals surface area contributed by atoms with E-state index in [9.17, 15) is 4.79 Å². The van der Waals surface area contributed by atoms with Crippen molar-refractivity contribution in [3.8, 4) is 11.6 Å². The van der Waals surface area contributed by atoms with Crippen LogP contribution < -0.4 is 9.80 Å². The van der Waals surface area contributed by atoms with Crippen LogP contribution in [-0.2, 0) is 9.53 Å². The second-order valence-corrected chi connectivity index (χ2v) is 8.02. The van der Waals surface area contributed by atoms with Crippen LogP contribution in [0.4, 0.5) is 11.4 Å². The Hall–Kier alpha value is -3.46. The quantitative estimate of drug-likeness (QED) is 0.641. The molecule has 158 valence electrons. The van der Waals surface area contributed by atoms with Crippen LogP contribution in [0.2, 0.25) is 0 Å². The van der Waals surface area contributed by atoms with Crippen molar-refractivity contribution >= 4 is 23.6 Å². The number of para-hydroxylation sites is 2. The van der Waals surface area contributed by atoms with E-state index in [2.05, 4.69) is 15.1 Å². The zero-order valence-corrected chi connectivity index (χ0v) is 17.0. The smallest absolute Gasteiger partial charge is 0.254 e. The van der Waals surface area contributed by atoms with Gasteiger partial charge in [-0.2, -0.15) is 4.98 Å². The van der Waals surface area contributed by atoms with E-state index in [1.165, 1.54) is 0 Å². The minimum atomic E-state index is -0.593. The molecule has 31 heavy (non-hydrogen) atoms. The molecule has 3 atom stereocenters. The van der Waals surface area contributed by atoms with Crippen LogP contribution >= 0.6 is 0 Å². The molecule has 9 nitrogen and oxygen atoms in total. The Labute approximate surface area is 178 Å². The summed E-state index contributed by atoms with van der Waals surface area (Å²) in [7, 11) is 0. The Morgan fingerprint density at radius 2 is 2.06 bits per heavy atom. The molecule has 0 saturated carbocycles. The molecule has 3 aliphatic rings. The largest absolute Gasteiger partial charge is 0.461 e. The van der Waals surface area contributed by atoms with Crippen LogP contribution in [0.3, 0.4) is 0 Å². The summed E-state index contributed by atoms with van der Waals surface area (Å²) in [4.78, 5) is 26.5. The molecule has 0 aliphatic carbocycles. The lowest BCUT2D eigenvalue weighted by molar-refractivity contribution is -0.120. The number of hydrogen-bond donors (Lipinski definition) is 0. The van der Waals surface area contributed by atoms with E-state index in [-0.39, 0.29) is 12.0 Å². The lowest BCUT2D eigenvalue weighted by Crippen LogP contribution is -2.54. The topological polar surface area (TPSA) is 97.2 Å². The molecule has 1 amide bonds. The minimum Gasteiger partial charge on any atom is -0.461 e. The van der Waals surface area contributed by atoms with Gasteiger partial charge in [-0.25, -0.2) is 0 Å². The van der Waals surface area contributed by atoms with Crippen LogP contribution in [0, 0.1) is 6.92 Å². The highest BCUT2D eigenvalue weighted by molar-refractivity contribution is 6.11. The highest BCUT2D eigenvalue weighted by Gasteiger charge is 2.48. The summed E-state index contributed by atoms with van der Waals surface area (Å²) in [6, 6.07) is 8.52. The Morgan fingerprint density at radius 1 is 1.19 bits per heavy atom. The van der Waals surface area contributed by atoms with Crippen LogP contribution in [0.5, 0.6) is 0 Å². The Bertz CT molecular complexity index is 1160. The molecule has 2 aromatic heterocycles. The fourth-order valence-electron chi connectivity index (χ4n) is 4.53. The maximum Gasteiger partial charge on any atom is 0.254 e. The van der Waals surface area contributed by atoms with Crippen LogP contribution in [-0.4, -0.2) is 47.7 Å². The third kappa shape index (κ3) is 2.88. The number of fused-ring (bicyclic) bond motifs is 3. The summed E-state index contributed by atoms with van der Waals surface area (Å²) in [6.45, 7) is 3.18. The van der Waals surface area contributed by atoms with Gasteiger partial charge in [0, 0.05) is 6.61 Å². The van der Waals surface area contributed by atoms with E-state index in [0.717, 1.165) is 36.4 Å². The summed E-state index contributed by atoms with van der Waals surface area (Å²) in [5, 5.41) is 4.06. The Balaban J connectivity index is 1.35. The molecule has 9 heteroatoms. The first-order chi connectivity index (χ1) is 15.2. The lowest BCUT2D eigenvalue weighted by Gasteiger charge is -2.39. The van der Waals surface area contributed by atoms with Gasteiger partial charge in [0.25, 0.3) is 11.8 Å². The molecule has 3 unspecified atom stereocenters. The minimum absolute atomic E-state index is 0.0428. The van der Waals surface area contributed by atoms with E-state index in [4.69, 9.17) is 13.7 Å². The van der Waals surface area contributed by atoms with E-state index in [1.807, 2.05) is 47.1 Å². The standard InChI is InChI=1S/C22H21N5O4/c1-13-8-10-30-19(13)20-24-21(31-25-20)17-18-22(28)26(11-14-5-4-9-29-14)15-6-2-3-7-16(15)27(18)12-23-17/h2-3,6-8,10,12,14,17-18H,4-5,9,11H2,1H3. The van der Waals surface area contributed by atoms with E-state index in [0.29, 0.717) is 24.0 Å². The number of anilines is 2. The molecular formula is C22H21N5O4. The van der Waals surface area contributed by atoms with Gasteiger partial charge in [-0.3, -0.25) is 9.79 Å². The second-order valence-electron chi connectivity index (χ2n) is 8.02. The zero-order chi connectivity index (χ0) is 20.9. The number of benzene rings is 1. The van der Waals surface area contributed by atoms with Gasteiger partial charge in [-0.05, 0) is 43.5 Å². The SMILES string of the molecule is Cc1ccoc1-c1noc(C2N=CN3c4ccccc4N(CC4CCCO4)C(=O)C23)n1. The van der Waals surface area contributed by atoms with Gasteiger partial charge >= 0.3 is 0 Å². The van der Waals surface area contributed by atoms with E-state index >= 15 is 0 Å². The third-order valence-corrected chi connectivity index (χ3v) is 6.09. The van der Waals surface area contributed by atoms with Crippen molar-refractivity contribution in [2.24, 2.45) is 4.99 Å². The van der Waals surface area contributed by atoms with Gasteiger partial charge in [-0.1, -0.05) is 17.3 Å². The molecule has 0 radical (unpaired) electrons. The van der Waals surface area contributed by atoms with Crippen molar-refractivity contribution in [3.05, 3.63) is 48.0 Å². The van der Waals surface area contributed by atoms with Gasteiger partial charge in [-0.15, -0.1) is 0 Å². The first-order valence-corrected chi connectivity index (χ1v) is 10.4. The monoisotopic (exact) mass is 419 g/mol. The van der Waals surface area contributed by atoms with Gasteiger partial charge in [0.1, 0.15) is 6.04 Å². The van der Waals surface area contributed by atoms with Crippen molar-refractivity contribution < 1.29 is 18.5 Å². The summed E-state index contributed by atoms with van der Waals surface area (Å²) in [5.74, 6) is 1.14. The number of amides is 1. The molecule has 1 fully saturated rings. The number of carbonyl (C=O) groups excluding carboxylic acids is 1. The van der Waals surface area contributed by atoms with Gasteiger partial charge in [0.2, 0.25) is 5.82 Å². The number of aryl methyl sites for hydroxylation is 1. The number of aromatic nitrogens is 2. The number of carbonyl (C=O) groups is 1. The fourth-order valence-corrected chi connectivity index (χ4v) is 4.53. The predicted octanol–water partition coefficient (Wildman–Crippen LogP) is 3.12. The molecule has 1 aromatic carbocycles. The number of nitrogens with zero attached hydrogens (tertiary/aromatic N) is 5. The molecule has 3 aromatic rings. The number of ether oxygens (including phenoxy) is 1. The Kier molecular flexibility index (Phi) is 4.17. The lowest BCUT2D eigenvalue weighted by atomic mass is 10.0. The summed E-state index contributed by atoms with van der Waals surface area (Å²) >= 11 is 0. The van der Waals surface area contributed by atoms with E-state index in [1.54, 1.807) is 12.6 Å². The molecule has 0 spiro atoms. The van der Waals surface area contributed by atoms with Crippen LogP contribution in [0.1, 0.15) is 30.3 Å². The number of aliphatic imine (C=N–C) groups is 1. The molecular weight excluding hydrogens is 398 g/mol. The van der Waals surface area contributed by atoms with Crippen molar-refractivity contribution in [1.82, 2.24) is 10.1 Å². The first kappa shape index (κ1) is 18.3. The maximum atomic E-state index is 13.7. The predicted molar refractivity (Wildman–Crippen MR) is 112 cm³/mol. The van der Waals surface area contributed by atoms with Crippen molar-refractivity contribution in [1.29, 1.82) is 0 Å². The molecule has 5 heterocycles. The summed E-state index contributed by atoms with van der Waals surface area (Å²) < 4.78 is 16.8. The number of rotatable bonds is 4. The second kappa shape index (κ2) is 7.05. The first-order valence-electron chi connectivity index (χ1n) is 10.4.